The summed E-state index contributed by atoms with van der Waals surface area (Å²) < 4.78 is 5.56. The van der Waals surface area contributed by atoms with Crippen molar-refractivity contribution < 1.29 is 9.53 Å². The zero-order valence-electron chi connectivity index (χ0n) is 11.8. The molecule has 104 valence electrons. The fourth-order valence-corrected chi connectivity index (χ4v) is 1.88. The second kappa shape index (κ2) is 6.75. The summed E-state index contributed by atoms with van der Waals surface area (Å²) in [7, 11) is 0. The molecule has 0 spiro atoms. The van der Waals surface area contributed by atoms with E-state index in [0.29, 0.717) is 6.42 Å². The Morgan fingerprint density at radius 1 is 1.05 bits per heavy atom. The maximum absolute atomic E-state index is 11.9. The molecule has 0 saturated carbocycles. The highest BCUT2D eigenvalue weighted by Crippen LogP contribution is 2.17. The lowest BCUT2D eigenvalue weighted by Crippen LogP contribution is -2.14. The second-order valence-electron chi connectivity index (χ2n) is 4.90. The molecule has 2 rings (SSSR count). The number of benzene rings is 2. The molecule has 0 unspecified atom stereocenters. The Labute approximate surface area is 119 Å². The third kappa shape index (κ3) is 4.43. The average molecular weight is 269 g/mol. The molecular formula is C17H19NO2. The van der Waals surface area contributed by atoms with Crippen LogP contribution in [0, 0.1) is 0 Å². The number of ether oxygens (including phenoxy) is 1. The van der Waals surface area contributed by atoms with E-state index in [2.05, 4.69) is 5.32 Å². The lowest BCUT2D eigenvalue weighted by Gasteiger charge is -2.10. The van der Waals surface area contributed by atoms with Gasteiger partial charge in [-0.2, -0.15) is 0 Å². The van der Waals surface area contributed by atoms with Crippen LogP contribution in [-0.2, 0) is 11.2 Å². The number of amides is 1. The summed E-state index contributed by atoms with van der Waals surface area (Å²) in [6, 6.07) is 17.1. The summed E-state index contributed by atoms with van der Waals surface area (Å²) in [6.45, 7) is 3.96. The fraction of sp³-hybridized carbons (Fsp3) is 0.235. The molecule has 0 aliphatic heterocycles. The molecule has 0 heterocycles. The van der Waals surface area contributed by atoms with E-state index < -0.39 is 0 Å². The molecule has 2 aromatic carbocycles. The molecule has 20 heavy (non-hydrogen) atoms. The molecule has 0 saturated heterocycles. The van der Waals surface area contributed by atoms with Gasteiger partial charge < -0.3 is 10.1 Å². The van der Waals surface area contributed by atoms with Gasteiger partial charge in [-0.3, -0.25) is 4.79 Å². The van der Waals surface area contributed by atoms with E-state index in [1.165, 1.54) is 0 Å². The fourth-order valence-electron chi connectivity index (χ4n) is 1.88. The first-order chi connectivity index (χ1) is 9.63. The Bertz CT molecular complexity index is 547. The van der Waals surface area contributed by atoms with Crippen molar-refractivity contribution in [3.63, 3.8) is 0 Å². The Morgan fingerprint density at radius 2 is 1.70 bits per heavy atom. The van der Waals surface area contributed by atoms with Crippen LogP contribution in [0.5, 0.6) is 5.75 Å². The predicted octanol–water partition coefficient (Wildman–Crippen LogP) is 3.66. The van der Waals surface area contributed by atoms with E-state index in [9.17, 15) is 4.79 Å². The van der Waals surface area contributed by atoms with E-state index >= 15 is 0 Å². The zero-order valence-corrected chi connectivity index (χ0v) is 11.8. The van der Waals surface area contributed by atoms with Crippen LogP contribution in [0.2, 0.25) is 0 Å². The largest absolute Gasteiger partial charge is 0.491 e. The van der Waals surface area contributed by atoms with Gasteiger partial charge in [-0.05, 0) is 43.7 Å². The number of carbonyl (C=O) groups excluding carboxylic acids is 1. The van der Waals surface area contributed by atoms with E-state index in [1.807, 2.05) is 68.4 Å². The van der Waals surface area contributed by atoms with E-state index in [0.717, 1.165) is 17.0 Å². The molecule has 0 radical (unpaired) electrons. The Balaban J connectivity index is 1.91. The van der Waals surface area contributed by atoms with Crippen molar-refractivity contribution in [2.75, 3.05) is 5.32 Å². The Morgan fingerprint density at radius 3 is 2.30 bits per heavy atom. The third-order valence-corrected chi connectivity index (χ3v) is 2.72. The highest BCUT2D eigenvalue weighted by Gasteiger charge is 2.04. The van der Waals surface area contributed by atoms with Crippen LogP contribution in [0.25, 0.3) is 0 Å². The van der Waals surface area contributed by atoms with Gasteiger partial charge in [0.2, 0.25) is 5.91 Å². The molecule has 0 aromatic heterocycles. The lowest BCUT2D eigenvalue weighted by molar-refractivity contribution is -0.115. The van der Waals surface area contributed by atoms with Crippen LogP contribution in [-0.4, -0.2) is 12.0 Å². The highest BCUT2D eigenvalue weighted by atomic mass is 16.5. The molecule has 0 aliphatic carbocycles. The van der Waals surface area contributed by atoms with E-state index in [4.69, 9.17) is 4.74 Å². The van der Waals surface area contributed by atoms with E-state index in [-0.39, 0.29) is 12.0 Å². The first-order valence-electron chi connectivity index (χ1n) is 6.74. The van der Waals surface area contributed by atoms with Gasteiger partial charge in [0.25, 0.3) is 0 Å². The maximum atomic E-state index is 11.9. The first kappa shape index (κ1) is 14.1. The summed E-state index contributed by atoms with van der Waals surface area (Å²) in [5, 5.41) is 2.88. The smallest absolute Gasteiger partial charge is 0.228 e. The van der Waals surface area contributed by atoms with Gasteiger partial charge in [-0.15, -0.1) is 0 Å². The van der Waals surface area contributed by atoms with Gasteiger partial charge in [0.15, 0.2) is 0 Å². The lowest BCUT2D eigenvalue weighted by atomic mass is 10.1. The Hall–Kier alpha value is -2.29. The van der Waals surface area contributed by atoms with Crippen molar-refractivity contribution in [1.29, 1.82) is 0 Å². The van der Waals surface area contributed by atoms with Crippen LogP contribution >= 0.6 is 0 Å². The normalized spacial score (nSPS) is 10.3. The van der Waals surface area contributed by atoms with Crippen molar-refractivity contribution >= 4 is 11.6 Å². The topological polar surface area (TPSA) is 38.3 Å². The molecule has 1 N–H and O–H groups in total. The number of hydrogen-bond donors (Lipinski definition) is 1. The van der Waals surface area contributed by atoms with Crippen LogP contribution in [0.15, 0.2) is 54.6 Å². The first-order valence-corrected chi connectivity index (χ1v) is 6.74. The molecule has 2 aromatic rings. The van der Waals surface area contributed by atoms with Gasteiger partial charge in [0, 0.05) is 5.69 Å². The van der Waals surface area contributed by atoms with Crippen LogP contribution in [0.3, 0.4) is 0 Å². The molecular weight excluding hydrogens is 250 g/mol. The highest BCUT2D eigenvalue weighted by molar-refractivity contribution is 5.92. The molecule has 0 bridgehead atoms. The van der Waals surface area contributed by atoms with Gasteiger partial charge in [0.05, 0.1) is 12.5 Å². The monoisotopic (exact) mass is 269 g/mol. The van der Waals surface area contributed by atoms with Gasteiger partial charge in [0.1, 0.15) is 5.75 Å². The van der Waals surface area contributed by atoms with Crippen LogP contribution < -0.4 is 10.1 Å². The average Bonchev–Trinajstić information content (AvgIpc) is 2.41. The number of hydrogen-bond acceptors (Lipinski definition) is 2. The summed E-state index contributed by atoms with van der Waals surface area (Å²) in [4.78, 5) is 11.9. The summed E-state index contributed by atoms with van der Waals surface area (Å²) >= 11 is 0. The number of carbonyl (C=O) groups is 1. The number of rotatable bonds is 5. The van der Waals surface area contributed by atoms with Crippen molar-refractivity contribution in [2.24, 2.45) is 0 Å². The van der Waals surface area contributed by atoms with Crippen LogP contribution in [0.4, 0.5) is 5.69 Å². The minimum absolute atomic E-state index is 0.0197. The quantitative estimate of drug-likeness (QED) is 0.899. The Kier molecular flexibility index (Phi) is 4.77. The minimum atomic E-state index is -0.0197. The van der Waals surface area contributed by atoms with Gasteiger partial charge >= 0.3 is 0 Å². The standard InChI is InChI=1S/C17H19NO2/c1-13(2)20-16-10-8-15(9-11-16)18-17(19)12-14-6-4-3-5-7-14/h3-11,13H,12H2,1-2H3,(H,18,19). The van der Waals surface area contributed by atoms with Gasteiger partial charge in [-0.25, -0.2) is 0 Å². The zero-order chi connectivity index (χ0) is 14.4. The van der Waals surface area contributed by atoms with E-state index in [1.54, 1.807) is 0 Å². The third-order valence-electron chi connectivity index (χ3n) is 2.72. The predicted molar refractivity (Wildman–Crippen MR) is 81.0 cm³/mol. The maximum Gasteiger partial charge on any atom is 0.228 e. The molecule has 3 heteroatoms. The van der Waals surface area contributed by atoms with Crippen LogP contribution in [0.1, 0.15) is 19.4 Å². The van der Waals surface area contributed by atoms with Crippen molar-refractivity contribution in [3.05, 3.63) is 60.2 Å². The second-order valence-corrected chi connectivity index (χ2v) is 4.90. The molecule has 0 aliphatic rings. The van der Waals surface area contributed by atoms with Crippen molar-refractivity contribution in [1.82, 2.24) is 0 Å². The minimum Gasteiger partial charge on any atom is -0.491 e. The molecule has 3 nitrogen and oxygen atoms in total. The summed E-state index contributed by atoms with van der Waals surface area (Å²) in [5.74, 6) is 0.787. The van der Waals surface area contributed by atoms with Gasteiger partial charge in [-0.1, -0.05) is 30.3 Å². The van der Waals surface area contributed by atoms with Crippen molar-refractivity contribution in [2.45, 2.75) is 26.4 Å². The number of anilines is 1. The molecule has 0 atom stereocenters. The SMILES string of the molecule is CC(C)Oc1ccc(NC(=O)Cc2ccccc2)cc1. The summed E-state index contributed by atoms with van der Waals surface area (Å²) in [5.41, 5.74) is 1.78. The molecule has 0 fully saturated rings. The summed E-state index contributed by atoms with van der Waals surface area (Å²) in [6.07, 6.45) is 0.527. The molecule has 1 amide bonds. The number of nitrogens with one attached hydrogen (secondary N) is 1. The van der Waals surface area contributed by atoms with Crippen molar-refractivity contribution in [3.8, 4) is 5.75 Å².